The highest BCUT2D eigenvalue weighted by molar-refractivity contribution is 6.09. The summed E-state index contributed by atoms with van der Waals surface area (Å²) >= 11 is 0. The fraction of sp³-hybridized carbons (Fsp3) is 0.0962. The summed E-state index contributed by atoms with van der Waals surface area (Å²) in [5.74, 6) is 0.689. The number of hydrogen-bond donors (Lipinski definition) is 0. The second-order valence-electron chi connectivity index (χ2n) is 13.6. The Balaban J connectivity index is 0.00000217. The van der Waals surface area contributed by atoms with Gasteiger partial charge in [-0.15, -0.1) is 0 Å². The highest BCUT2D eigenvalue weighted by atomic mass is 16.3. The van der Waals surface area contributed by atoms with Crippen LogP contribution in [-0.2, 0) is 0 Å². The summed E-state index contributed by atoms with van der Waals surface area (Å²) in [4.78, 5) is 9.96. The molecule has 0 saturated heterocycles. The number of para-hydroxylation sites is 2. The van der Waals surface area contributed by atoms with Crippen LogP contribution in [-0.4, -0.2) is 9.97 Å². The van der Waals surface area contributed by atoms with Crippen LogP contribution in [0, 0.1) is 11.3 Å². The molecule has 4 heteroatoms. The number of nitriles is 1. The van der Waals surface area contributed by atoms with E-state index >= 15 is 0 Å². The largest absolute Gasteiger partial charge is 0.455 e. The van der Waals surface area contributed by atoms with Crippen LogP contribution in [0.1, 0.15) is 50.6 Å². The maximum Gasteiger partial charge on any atom is 0.160 e. The van der Waals surface area contributed by atoms with Gasteiger partial charge in [0.15, 0.2) is 5.82 Å². The molecule has 1 aliphatic carbocycles. The molecular weight excluding hydrogens is 683 g/mol. The van der Waals surface area contributed by atoms with E-state index in [-0.39, 0.29) is 0 Å². The van der Waals surface area contributed by atoms with Crippen LogP contribution in [0.3, 0.4) is 0 Å². The standard InChI is InChI=1S/C50H35N3O.C2H6/c1-3-33(4-2)46-30-47(36-11-6-5-7-12-36)53-50(52-46)37-21-17-34(18-22-37)38-23-19-35-20-24-39(28-41(35)27-38)40-25-32(31-51)26-42(29-40)43-14-10-15-45-44-13-8-9-16-48(44)54-49(43)45;1-2/h3-4,6,8-30H,1,5,7H2,2H3;1-2H3/b33-4+;. The molecule has 0 atom stereocenters. The summed E-state index contributed by atoms with van der Waals surface area (Å²) in [5.41, 5.74) is 13.3. The monoisotopic (exact) mass is 723 g/mol. The zero-order valence-electron chi connectivity index (χ0n) is 31.9. The van der Waals surface area contributed by atoms with Gasteiger partial charge in [-0.1, -0.05) is 136 Å². The van der Waals surface area contributed by atoms with E-state index in [9.17, 15) is 5.26 Å². The first-order chi connectivity index (χ1) is 27.6. The summed E-state index contributed by atoms with van der Waals surface area (Å²) in [7, 11) is 0. The van der Waals surface area contributed by atoms with Gasteiger partial charge in [0, 0.05) is 21.9 Å². The van der Waals surface area contributed by atoms with Gasteiger partial charge in [0.05, 0.1) is 23.0 Å². The van der Waals surface area contributed by atoms with E-state index < -0.39 is 0 Å². The van der Waals surface area contributed by atoms with Crippen molar-refractivity contribution in [1.82, 2.24) is 9.97 Å². The minimum Gasteiger partial charge on any atom is -0.455 e. The Labute approximate surface area is 328 Å². The van der Waals surface area contributed by atoms with Crippen molar-refractivity contribution >= 4 is 43.9 Å². The van der Waals surface area contributed by atoms with Gasteiger partial charge in [-0.2, -0.15) is 5.26 Å². The molecule has 0 unspecified atom stereocenters. The number of furan rings is 1. The lowest BCUT2D eigenvalue weighted by Crippen LogP contribution is -2.00. The average Bonchev–Trinajstić information content (AvgIpc) is 3.66. The summed E-state index contributed by atoms with van der Waals surface area (Å²) in [5, 5.41) is 14.5. The molecule has 0 N–H and O–H groups in total. The minimum atomic E-state index is 0.601. The van der Waals surface area contributed by atoms with Crippen molar-refractivity contribution in [2.75, 3.05) is 0 Å². The molecule has 8 aromatic rings. The Morgan fingerprint density at radius 2 is 1.41 bits per heavy atom. The number of rotatable bonds is 7. The molecular formula is C52H41N3O. The molecule has 0 fully saturated rings. The van der Waals surface area contributed by atoms with Crippen LogP contribution < -0.4 is 0 Å². The summed E-state index contributed by atoms with van der Waals surface area (Å²) in [6.45, 7) is 10.0. The van der Waals surface area contributed by atoms with Gasteiger partial charge in [-0.25, -0.2) is 9.97 Å². The van der Waals surface area contributed by atoms with Crippen molar-refractivity contribution < 1.29 is 4.42 Å². The van der Waals surface area contributed by atoms with E-state index in [4.69, 9.17) is 14.4 Å². The molecule has 56 heavy (non-hydrogen) atoms. The maximum atomic E-state index is 10.1. The number of aromatic nitrogens is 2. The number of benzene rings is 6. The molecule has 1 aliphatic rings. The van der Waals surface area contributed by atoms with Crippen molar-refractivity contribution in [2.24, 2.45) is 0 Å². The van der Waals surface area contributed by atoms with E-state index in [0.717, 1.165) is 107 Å². The second kappa shape index (κ2) is 15.7. The van der Waals surface area contributed by atoms with E-state index in [2.05, 4.69) is 128 Å². The Morgan fingerprint density at radius 3 is 2.14 bits per heavy atom. The number of hydrogen-bond acceptors (Lipinski definition) is 4. The molecule has 270 valence electrons. The molecule has 0 bridgehead atoms. The van der Waals surface area contributed by atoms with Gasteiger partial charge in [0.1, 0.15) is 11.2 Å². The van der Waals surface area contributed by atoms with Gasteiger partial charge in [-0.05, 0) is 112 Å². The fourth-order valence-corrected chi connectivity index (χ4v) is 7.45. The molecule has 0 amide bonds. The van der Waals surface area contributed by atoms with E-state index in [1.54, 1.807) is 0 Å². The second-order valence-corrected chi connectivity index (χ2v) is 13.6. The quantitative estimate of drug-likeness (QED) is 0.154. The Bertz CT molecular complexity index is 2910. The highest BCUT2D eigenvalue weighted by Crippen LogP contribution is 2.38. The Hall–Kier alpha value is -7.09. The fourth-order valence-electron chi connectivity index (χ4n) is 7.45. The van der Waals surface area contributed by atoms with Crippen LogP contribution in [0.2, 0.25) is 0 Å². The minimum absolute atomic E-state index is 0.601. The van der Waals surface area contributed by atoms with Crippen molar-refractivity contribution in [2.45, 2.75) is 33.6 Å². The maximum absolute atomic E-state index is 10.1. The predicted octanol–water partition coefficient (Wildman–Crippen LogP) is 14.4. The van der Waals surface area contributed by atoms with Gasteiger partial charge in [0.25, 0.3) is 0 Å². The van der Waals surface area contributed by atoms with Crippen LogP contribution in [0.4, 0.5) is 0 Å². The van der Waals surface area contributed by atoms with E-state index in [1.807, 2.05) is 63.3 Å². The zero-order valence-corrected chi connectivity index (χ0v) is 31.9. The molecule has 4 nitrogen and oxygen atoms in total. The van der Waals surface area contributed by atoms with Gasteiger partial charge in [-0.3, -0.25) is 0 Å². The zero-order chi connectivity index (χ0) is 38.6. The predicted molar refractivity (Wildman–Crippen MR) is 235 cm³/mol. The summed E-state index contributed by atoms with van der Waals surface area (Å²) in [6.07, 6.45) is 12.5. The van der Waals surface area contributed by atoms with Crippen LogP contribution in [0.15, 0.2) is 169 Å². The Morgan fingerprint density at radius 1 is 0.696 bits per heavy atom. The number of nitrogens with zero attached hydrogens (tertiary/aromatic N) is 3. The highest BCUT2D eigenvalue weighted by Gasteiger charge is 2.15. The normalized spacial score (nSPS) is 12.6. The molecule has 0 radical (unpaired) electrons. The topological polar surface area (TPSA) is 62.7 Å². The molecule has 9 rings (SSSR count). The first-order valence-corrected chi connectivity index (χ1v) is 19.2. The average molecular weight is 724 g/mol. The molecule has 0 saturated carbocycles. The lowest BCUT2D eigenvalue weighted by atomic mass is 9.93. The van der Waals surface area contributed by atoms with Crippen molar-refractivity contribution in [3.05, 3.63) is 181 Å². The molecule has 2 heterocycles. The third-order valence-electron chi connectivity index (χ3n) is 10.3. The lowest BCUT2D eigenvalue weighted by molar-refractivity contribution is 0.670. The molecule has 0 spiro atoms. The number of allylic oxidation sites excluding steroid dienone is 7. The smallest absolute Gasteiger partial charge is 0.160 e. The van der Waals surface area contributed by atoms with Crippen LogP contribution in [0.25, 0.3) is 88.6 Å². The third kappa shape index (κ3) is 6.88. The molecule has 0 aliphatic heterocycles. The first kappa shape index (κ1) is 35.9. The summed E-state index contributed by atoms with van der Waals surface area (Å²) < 4.78 is 6.36. The number of fused-ring (bicyclic) bond motifs is 4. The third-order valence-corrected chi connectivity index (χ3v) is 10.3. The lowest BCUT2D eigenvalue weighted by Gasteiger charge is -2.12. The first-order valence-electron chi connectivity index (χ1n) is 19.2. The molecule has 2 aromatic heterocycles. The SMILES string of the molecule is C=C/C(=C\C)c1cc(C2=CCCC=C2)nc(-c2ccc(-c3ccc4ccc(-c5cc(C#N)cc(-c6cccc7c6oc6ccccc67)c5)cc4c3)cc2)n1.CC. The van der Waals surface area contributed by atoms with Gasteiger partial charge in [0.2, 0.25) is 0 Å². The van der Waals surface area contributed by atoms with Crippen molar-refractivity contribution in [3.8, 4) is 50.8 Å². The van der Waals surface area contributed by atoms with E-state index in [0.29, 0.717) is 11.4 Å². The summed E-state index contributed by atoms with van der Waals surface area (Å²) in [6, 6.07) is 46.4. The van der Waals surface area contributed by atoms with Gasteiger partial charge < -0.3 is 4.42 Å². The Kier molecular flexibility index (Phi) is 10.1. The van der Waals surface area contributed by atoms with Crippen LogP contribution in [0.5, 0.6) is 0 Å². The molecule has 6 aromatic carbocycles. The van der Waals surface area contributed by atoms with Crippen molar-refractivity contribution in [3.63, 3.8) is 0 Å². The van der Waals surface area contributed by atoms with Crippen LogP contribution >= 0.6 is 0 Å². The van der Waals surface area contributed by atoms with Crippen molar-refractivity contribution in [1.29, 1.82) is 5.26 Å². The van der Waals surface area contributed by atoms with Gasteiger partial charge >= 0.3 is 0 Å². The van der Waals surface area contributed by atoms with E-state index in [1.165, 1.54) is 0 Å².